The normalized spacial score (nSPS) is 33.9. The zero-order chi connectivity index (χ0) is 13.6. The SMILES string of the molecule is c1ccc2c(c1)C(=C1[C@@H]3C[C@H]4C[C@@H]3C[C@@H]14)c1ccccc1-2. The number of hydrogen-bond donors (Lipinski definition) is 0. The molecule has 4 atom stereocenters. The van der Waals surface area contributed by atoms with Crippen LogP contribution in [-0.2, 0) is 0 Å². The van der Waals surface area contributed by atoms with Gasteiger partial charge in [0.25, 0.3) is 0 Å². The van der Waals surface area contributed by atoms with Crippen LogP contribution in [0.15, 0.2) is 54.1 Å². The molecule has 0 amide bonds. The van der Waals surface area contributed by atoms with Crippen LogP contribution in [0, 0.1) is 23.7 Å². The Kier molecular flexibility index (Phi) is 1.80. The molecule has 0 radical (unpaired) electrons. The summed E-state index contributed by atoms with van der Waals surface area (Å²) < 4.78 is 0. The van der Waals surface area contributed by atoms with E-state index in [1.807, 2.05) is 5.57 Å². The molecule has 0 nitrogen and oxygen atoms in total. The Morgan fingerprint density at radius 1 is 0.571 bits per heavy atom. The first-order chi connectivity index (χ1) is 10.4. The molecule has 102 valence electrons. The van der Waals surface area contributed by atoms with Gasteiger partial charge < -0.3 is 0 Å². The van der Waals surface area contributed by atoms with Gasteiger partial charge in [-0.05, 0) is 70.8 Å². The monoisotopic (exact) mass is 270 g/mol. The Hall–Kier alpha value is -1.82. The van der Waals surface area contributed by atoms with Crippen LogP contribution in [-0.4, -0.2) is 0 Å². The van der Waals surface area contributed by atoms with Gasteiger partial charge in [-0.2, -0.15) is 0 Å². The Balaban J connectivity index is 1.71. The molecular formula is C21H18. The average Bonchev–Trinajstić information content (AvgIpc) is 3.29. The third-order valence-electron chi connectivity index (χ3n) is 6.63. The summed E-state index contributed by atoms with van der Waals surface area (Å²) in [4.78, 5) is 0. The maximum absolute atomic E-state index is 2.35. The lowest BCUT2D eigenvalue weighted by atomic mass is 9.87. The van der Waals surface area contributed by atoms with Crippen molar-refractivity contribution in [1.82, 2.24) is 0 Å². The second kappa shape index (κ2) is 3.50. The number of hydrogen-bond acceptors (Lipinski definition) is 0. The lowest BCUT2D eigenvalue weighted by Crippen LogP contribution is -2.05. The minimum atomic E-state index is 0.911. The quantitative estimate of drug-likeness (QED) is 0.530. The highest BCUT2D eigenvalue weighted by molar-refractivity contribution is 6.02. The summed E-state index contributed by atoms with van der Waals surface area (Å²) in [5, 5.41) is 0. The molecule has 7 rings (SSSR count). The number of fused-ring (bicyclic) bond motifs is 3. The van der Waals surface area contributed by atoms with Crippen molar-refractivity contribution in [1.29, 1.82) is 0 Å². The van der Waals surface area contributed by atoms with E-state index in [2.05, 4.69) is 48.5 Å². The van der Waals surface area contributed by atoms with Crippen LogP contribution in [0.5, 0.6) is 0 Å². The van der Waals surface area contributed by atoms with Crippen molar-refractivity contribution in [3.63, 3.8) is 0 Å². The van der Waals surface area contributed by atoms with Crippen LogP contribution in [0.4, 0.5) is 0 Å². The van der Waals surface area contributed by atoms with Gasteiger partial charge in [-0.1, -0.05) is 54.1 Å². The van der Waals surface area contributed by atoms with E-state index in [0.717, 1.165) is 23.7 Å². The Morgan fingerprint density at radius 3 is 1.52 bits per heavy atom. The molecule has 0 aromatic heterocycles. The molecule has 0 N–H and O–H groups in total. The number of rotatable bonds is 0. The van der Waals surface area contributed by atoms with Gasteiger partial charge in [0.1, 0.15) is 0 Å². The predicted octanol–water partition coefficient (Wildman–Crippen LogP) is 5.14. The van der Waals surface area contributed by atoms with Gasteiger partial charge >= 0.3 is 0 Å². The van der Waals surface area contributed by atoms with E-state index in [4.69, 9.17) is 0 Å². The maximum Gasteiger partial charge on any atom is -0.00990 e. The molecule has 0 aliphatic heterocycles. The topological polar surface area (TPSA) is 0 Å². The number of benzene rings is 2. The molecule has 0 heteroatoms. The minimum Gasteiger partial charge on any atom is -0.0616 e. The van der Waals surface area contributed by atoms with E-state index in [-0.39, 0.29) is 0 Å². The van der Waals surface area contributed by atoms with Crippen LogP contribution in [0.1, 0.15) is 30.4 Å². The number of allylic oxidation sites excluding steroid dienone is 1. The molecule has 4 saturated carbocycles. The summed E-state index contributed by atoms with van der Waals surface area (Å²) in [5.41, 5.74) is 9.39. The second-order valence-corrected chi connectivity index (χ2v) is 7.36. The summed E-state index contributed by atoms with van der Waals surface area (Å²) in [6.07, 6.45) is 4.49. The first-order valence-corrected chi connectivity index (χ1v) is 8.35. The molecule has 21 heavy (non-hydrogen) atoms. The third-order valence-corrected chi connectivity index (χ3v) is 6.63. The molecule has 0 unspecified atom stereocenters. The molecule has 2 aromatic carbocycles. The summed E-state index contributed by atoms with van der Waals surface area (Å²) in [6.45, 7) is 0. The van der Waals surface area contributed by atoms with Gasteiger partial charge in [0, 0.05) is 0 Å². The van der Waals surface area contributed by atoms with Crippen molar-refractivity contribution in [2.75, 3.05) is 0 Å². The van der Waals surface area contributed by atoms with Crippen LogP contribution < -0.4 is 0 Å². The Labute approximate surface area is 125 Å². The molecule has 4 bridgehead atoms. The fourth-order valence-corrected chi connectivity index (χ4v) is 6.01. The van der Waals surface area contributed by atoms with E-state index >= 15 is 0 Å². The highest BCUT2D eigenvalue weighted by Crippen LogP contribution is 2.68. The van der Waals surface area contributed by atoms with Crippen LogP contribution in [0.25, 0.3) is 16.7 Å². The zero-order valence-electron chi connectivity index (χ0n) is 12.0. The molecular weight excluding hydrogens is 252 g/mol. The highest BCUT2D eigenvalue weighted by atomic mass is 14.6. The van der Waals surface area contributed by atoms with Crippen molar-refractivity contribution in [2.24, 2.45) is 23.7 Å². The summed E-state index contributed by atoms with van der Waals surface area (Å²) in [5.74, 6) is 3.85. The lowest BCUT2D eigenvalue weighted by Gasteiger charge is -2.17. The zero-order valence-corrected chi connectivity index (χ0v) is 12.0. The molecule has 0 saturated heterocycles. The van der Waals surface area contributed by atoms with Crippen LogP contribution in [0.3, 0.4) is 0 Å². The van der Waals surface area contributed by atoms with Gasteiger partial charge in [0.2, 0.25) is 0 Å². The van der Waals surface area contributed by atoms with Gasteiger partial charge in [-0.25, -0.2) is 0 Å². The van der Waals surface area contributed by atoms with E-state index in [0.29, 0.717) is 0 Å². The first kappa shape index (κ1) is 10.8. The standard InChI is InChI=1S/C21H18/c1-3-7-16-14(5-1)15-6-2-4-8-17(15)20(16)21-18-10-12-9-13(18)11-19(12)21/h1-8,12-13,18-19H,9-11H2/t12-,13-,18-,19-/m1/s1. The fraction of sp³-hybridized carbons (Fsp3) is 0.333. The van der Waals surface area contributed by atoms with Crippen molar-refractivity contribution in [2.45, 2.75) is 19.3 Å². The molecule has 4 fully saturated rings. The molecule has 5 aliphatic rings. The van der Waals surface area contributed by atoms with E-state index in [1.165, 1.54) is 41.5 Å². The summed E-state index contributed by atoms with van der Waals surface area (Å²) >= 11 is 0. The molecule has 0 heterocycles. The van der Waals surface area contributed by atoms with E-state index < -0.39 is 0 Å². The van der Waals surface area contributed by atoms with Crippen LogP contribution in [0.2, 0.25) is 0 Å². The maximum atomic E-state index is 2.35. The third kappa shape index (κ3) is 1.16. The molecule has 5 aliphatic carbocycles. The first-order valence-electron chi connectivity index (χ1n) is 8.35. The van der Waals surface area contributed by atoms with Gasteiger partial charge in [0.15, 0.2) is 0 Å². The van der Waals surface area contributed by atoms with Crippen molar-refractivity contribution in [3.8, 4) is 11.1 Å². The minimum absolute atomic E-state index is 0.911. The Morgan fingerprint density at radius 2 is 1.05 bits per heavy atom. The Bertz CT molecular complexity index is 745. The predicted molar refractivity (Wildman–Crippen MR) is 85.7 cm³/mol. The van der Waals surface area contributed by atoms with E-state index in [9.17, 15) is 0 Å². The van der Waals surface area contributed by atoms with Gasteiger partial charge in [-0.15, -0.1) is 0 Å². The largest absolute Gasteiger partial charge is 0.0616 e. The molecule has 2 aromatic rings. The van der Waals surface area contributed by atoms with E-state index in [1.54, 1.807) is 5.57 Å². The summed E-state index contributed by atoms with van der Waals surface area (Å²) in [6, 6.07) is 18.1. The van der Waals surface area contributed by atoms with Crippen LogP contribution >= 0.6 is 0 Å². The highest BCUT2D eigenvalue weighted by Gasteiger charge is 2.57. The summed E-state index contributed by atoms with van der Waals surface area (Å²) in [7, 11) is 0. The smallest absolute Gasteiger partial charge is 0.00990 e. The second-order valence-electron chi connectivity index (χ2n) is 7.36. The van der Waals surface area contributed by atoms with Gasteiger partial charge in [-0.3, -0.25) is 0 Å². The average molecular weight is 270 g/mol. The fourth-order valence-electron chi connectivity index (χ4n) is 6.01. The lowest BCUT2D eigenvalue weighted by molar-refractivity contribution is 0.457. The van der Waals surface area contributed by atoms with Crippen molar-refractivity contribution in [3.05, 3.63) is 65.2 Å². The van der Waals surface area contributed by atoms with Crippen molar-refractivity contribution < 1.29 is 0 Å². The molecule has 0 spiro atoms. The van der Waals surface area contributed by atoms with Crippen molar-refractivity contribution >= 4 is 5.57 Å². The van der Waals surface area contributed by atoms with Gasteiger partial charge in [0.05, 0.1) is 0 Å².